The van der Waals surface area contributed by atoms with Crippen LogP contribution < -0.4 is 0 Å². The molecule has 2 aliphatic heterocycles. The zero-order chi connectivity index (χ0) is 15.6. The summed E-state index contributed by atoms with van der Waals surface area (Å²) in [5.74, 6) is -0.582. The highest BCUT2D eigenvalue weighted by Gasteiger charge is 2.41. The first-order chi connectivity index (χ1) is 10.6. The Bertz CT molecular complexity index is 579. The van der Waals surface area contributed by atoms with Crippen LogP contribution in [0.1, 0.15) is 30.9 Å². The van der Waals surface area contributed by atoms with Gasteiger partial charge in [0, 0.05) is 19.0 Å². The summed E-state index contributed by atoms with van der Waals surface area (Å²) in [6.45, 7) is 5.98. The molecule has 0 spiro atoms. The number of halogens is 1. The Morgan fingerprint density at radius 3 is 2.91 bits per heavy atom. The van der Waals surface area contributed by atoms with E-state index in [4.69, 9.17) is 14.7 Å². The van der Waals surface area contributed by atoms with E-state index in [1.165, 1.54) is 6.07 Å². The third-order valence-electron chi connectivity index (χ3n) is 4.67. The van der Waals surface area contributed by atoms with Crippen LogP contribution in [0.15, 0.2) is 18.2 Å². The van der Waals surface area contributed by atoms with E-state index >= 15 is 0 Å². The average Bonchev–Trinajstić information content (AvgIpc) is 2.98. The van der Waals surface area contributed by atoms with E-state index < -0.39 is 11.6 Å². The minimum Gasteiger partial charge on any atom is -0.347 e. The molecule has 2 fully saturated rings. The maximum atomic E-state index is 13.4. The first-order valence-corrected chi connectivity index (χ1v) is 7.79. The maximum absolute atomic E-state index is 13.4. The smallest absolute Gasteiger partial charge is 0.169 e. The monoisotopic (exact) mass is 304 g/mol. The standard InChI is InChI=1S/C17H21FN2O2/c1-17(21-7-8-22-17)15-3-2-6-20(12-15)11-13-4-5-16(18)14(9-13)10-19/h4-5,9,15H,2-3,6-8,11-12H2,1H3/t15-/m0/s1. The first-order valence-electron chi connectivity index (χ1n) is 7.79. The Morgan fingerprint density at radius 1 is 1.41 bits per heavy atom. The summed E-state index contributed by atoms with van der Waals surface area (Å²) in [6.07, 6.45) is 2.19. The molecule has 1 aromatic carbocycles. The fourth-order valence-corrected chi connectivity index (χ4v) is 3.41. The molecule has 0 bridgehead atoms. The number of piperidine rings is 1. The van der Waals surface area contributed by atoms with Gasteiger partial charge in [-0.2, -0.15) is 5.26 Å². The van der Waals surface area contributed by atoms with Crippen LogP contribution in [-0.2, 0) is 16.0 Å². The summed E-state index contributed by atoms with van der Waals surface area (Å²) < 4.78 is 25.0. The second kappa shape index (κ2) is 6.33. The molecule has 1 aromatic rings. The fourth-order valence-electron chi connectivity index (χ4n) is 3.41. The van der Waals surface area contributed by atoms with Gasteiger partial charge in [0.15, 0.2) is 5.79 Å². The van der Waals surface area contributed by atoms with Crippen LogP contribution in [0.25, 0.3) is 0 Å². The summed E-state index contributed by atoms with van der Waals surface area (Å²) >= 11 is 0. The van der Waals surface area contributed by atoms with Gasteiger partial charge in [-0.1, -0.05) is 6.07 Å². The molecule has 2 aliphatic rings. The van der Waals surface area contributed by atoms with Crippen LogP contribution in [0.4, 0.5) is 4.39 Å². The van der Waals surface area contributed by atoms with Gasteiger partial charge in [-0.15, -0.1) is 0 Å². The molecule has 22 heavy (non-hydrogen) atoms. The summed E-state index contributed by atoms with van der Waals surface area (Å²) in [7, 11) is 0. The SMILES string of the molecule is CC1([C@H]2CCCN(Cc3ccc(F)c(C#N)c3)C2)OCCO1. The van der Waals surface area contributed by atoms with Crippen LogP contribution in [0.3, 0.4) is 0 Å². The third kappa shape index (κ3) is 3.14. The van der Waals surface area contributed by atoms with Gasteiger partial charge in [0.25, 0.3) is 0 Å². The molecule has 0 unspecified atom stereocenters. The predicted octanol–water partition coefficient (Wildman–Crippen LogP) is 2.67. The summed E-state index contributed by atoms with van der Waals surface area (Å²) in [5, 5.41) is 8.93. The second-order valence-electron chi connectivity index (χ2n) is 6.21. The quantitative estimate of drug-likeness (QED) is 0.861. The van der Waals surface area contributed by atoms with Crippen molar-refractivity contribution in [1.29, 1.82) is 5.26 Å². The number of benzene rings is 1. The van der Waals surface area contributed by atoms with Crippen LogP contribution in [0.5, 0.6) is 0 Å². The third-order valence-corrected chi connectivity index (χ3v) is 4.67. The average molecular weight is 304 g/mol. The molecule has 5 heteroatoms. The molecule has 0 radical (unpaired) electrons. The molecule has 3 rings (SSSR count). The highest BCUT2D eigenvalue weighted by molar-refractivity contribution is 5.34. The zero-order valence-corrected chi connectivity index (χ0v) is 12.8. The van der Waals surface area contributed by atoms with Gasteiger partial charge in [0.1, 0.15) is 11.9 Å². The summed E-state index contributed by atoms with van der Waals surface area (Å²) in [6, 6.07) is 6.67. The van der Waals surface area contributed by atoms with E-state index in [0.717, 1.165) is 38.0 Å². The Hall–Kier alpha value is -1.48. The van der Waals surface area contributed by atoms with Gasteiger partial charge in [0.05, 0.1) is 18.8 Å². The molecule has 2 saturated heterocycles. The highest BCUT2D eigenvalue weighted by atomic mass is 19.1. The van der Waals surface area contributed by atoms with Gasteiger partial charge in [-0.25, -0.2) is 4.39 Å². The van der Waals surface area contributed by atoms with E-state index in [1.807, 2.05) is 13.0 Å². The lowest BCUT2D eigenvalue weighted by Crippen LogP contribution is -2.46. The van der Waals surface area contributed by atoms with Crippen molar-refractivity contribution >= 4 is 0 Å². The zero-order valence-electron chi connectivity index (χ0n) is 12.8. The van der Waals surface area contributed by atoms with Crippen LogP contribution in [0.2, 0.25) is 0 Å². The van der Waals surface area contributed by atoms with Crippen molar-refractivity contribution in [3.63, 3.8) is 0 Å². The number of rotatable bonds is 3. The highest BCUT2D eigenvalue weighted by Crippen LogP contribution is 2.34. The summed E-state index contributed by atoms with van der Waals surface area (Å²) in [4.78, 5) is 2.33. The molecular weight excluding hydrogens is 283 g/mol. The fraction of sp³-hybridized carbons (Fsp3) is 0.588. The predicted molar refractivity (Wildman–Crippen MR) is 79.4 cm³/mol. The van der Waals surface area contributed by atoms with Crippen molar-refractivity contribution in [2.75, 3.05) is 26.3 Å². The molecule has 4 nitrogen and oxygen atoms in total. The number of nitrogens with zero attached hydrogens (tertiary/aromatic N) is 2. The first kappa shape index (κ1) is 15.4. The van der Waals surface area contributed by atoms with Gasteiger partial charge in [-0.3, -0.25) is 4.90 Å². The van der Waals surface area contributed by atoms with E-state index in [1.54, 1.807) is 12.1 Å². The minimum absolute atomic E-state index is 0.112. The Kier molecular flexibility index (Phi) is 4.44. The Labute approximate surface area is 130 Å². The van der Waals surface area contributed by atoms with Crippen molar-refractivity contribution < 1.29 is 13.9 Å². The lowest BCUT2D eigenvalue weighted by molar-refractivity contribution is -0.192. The van der Waals surface area contributed by atoms with Gasteiger partial charge in [-0.05, 0) is 44.0 Å². The Morgan fingerprint density at radius 2 is 2.18 bits per heavy atom. The number of hydrogen-bond donors (Lipinski definition) is 0. The lowest BCUT2D eigenvalue weighted by Gasteiger charge is -2.40. The van der Waals surface area contributed by atoms with E-state index in [9.17, 15) is 4.39 Å². The van der Waals surface area contributed by atoms with Crippen molar-refractivity contribution in [2.45, 2.75) is 32.1 Å². The lowest BCUT2D eigenvalue weighted by atomic mass is 9.90. The second-order valence-corrected chi connectivity index (χ2v) is 6.21. The number of ether oxygens (including phenoxy) is 2. The van der Waals surface area contributed by atoms with E-state index in [0.29, 0.717) is 19.1 Å². The van der Waals surface area contributed by atoms with Gasteiger partial charge >= 0.3 is 0 Å². The van der Waals surface area contributed by atoms with E-state index in [2.05, 4.69) is 4.90 Å². The van der Waals surface area contributed by atoms with Crippen molar-refractivity contribution in [1.82, 2.24) is 4.90 Å². The topological polar surface area (TPSA) is 45.5 Å². The van der Waals surface area contributed by atoms with Crippen molar-refractivity contribution in [2.24, 2.45) is 5.92 Å². The van der Waals surface area contributed by atoms with Crippen molar-refractivity contribution in [3.05, 3.63) is 35.1 Å². The van der Waals surface area contributed by atoms with Crippen LogP contribution in [0, 0.1) is 23.1 Å². The molecule has 0 aromatic heterocycles. The molecule has 0 saturated carbocycles. The summed E-state index contributed by atoms with van der Waals surface area (Å²) in [5.41, 5.74) is 1.08. The number of hydrogen-bond acceptors (Lipinski definition) is 4. The molecular formula is C17H21FN2O2. The molecule has 1 atom stereocenters. The Balaban J connectivity index is 1.67. The largest absolute Gasteiger partial charge is 0.347 e. The van der Waals surface area contributed by atoms with Crippen LogP contribution in [-0.4, -0.2) is 37.0 Å². The number of nitriles is 1. The molecule has 2 heterocycles. The molecule has 0 aliphatic carbocycles. The van der Waals surface area contributed by atoms with Gasteiger partial charge in [0.2, 0.25) is 0 Å². The minimum atomic E-state index is -0.473. The van der Waals surface area contributed by atoms with Crippen molar-refractivity contribution in [3.8, 4) is 6.07 Å². The van der Waals surface area contributed by atoms with E-state index in [-0.39, 0.29) is 5.56 Å². The maximum Gasteiger partial charge on any atom is 0.169 e. The molecule has 118 valence electrons. The van der Waals surface area contributed by atoms with Crippen LogP contribution >= 0.6 is 0 Å². The number of likely N-dealkylation sites (tertiary alicyclic amines) is 1. The van der Waals surface area contributed by atoms with Gasteiger partial charge < -0.3 is 9.47 Å². The molecule has 0 N–H and O–H groups in total. The molecule has 0 amide bonds. The normalized spacial score (nSPS) is 25.0.